The van der Waals surface area contributed by atoms with Gasteiger partial charge in [0.05, 0.1) is 5.56 Å². The molecule has 1 aromatic carbocycles. The molecule has 0 spiro atoms. The van der Waals surface area contributed by atoms with E-state index in [1.54, 1.807) is 0 Å². The van der Waals surface area contributed by atoms with Crippen LogP contribution < -0.4 is 5.32 Å². The molecule has 2 aromatic rings. The van der Waals surface area contributed by atoms with Crippen LogP contribution in [0.15, 0.2) is 41.1 Å². The molecule has 2 rings (SSSR count). The Labute approximate surface area is 154 Å². The second-order valence-electron chi connectivity index (χ2n) is 6.42. The van der Waals surface area contributed by atoms with Crippen LogP contribution in [-0.4, -0.2) is 35.0 Å². The Kier molecular flexibility index (Phi) is 6.59. The van der Waals surface area contributed by atoms with Crippen LogP contribution in [0.5, 0.6) is 0 Å². The van der Waals surface area contributed by atoms with Crippen molar-refractivity contribution in [3.63, 3.8) is 0 Å². The summed E-state index contributed by atoms with van der Waals surface area (Å²) in [7, 11) is 0. The first kappa shape index (κ1) is 20.5. The topological polar surface area (TPSA) is 75.4 Å². The van der Waals surface area contributed by atoms with E-state index in [1.807, 2.05) is 13.8 Å². The number of nitrogens with zero attached hydrogens (tertiary/aromatic N) is 2. The van der Waals surface area contributed by atoms with Gasteiger partial charge in [0, 0.05) is 18.2 Å². The molecule has 27 heavy (non-hydrogen) atoms. The Balaban J connectivity index is 2.16. The van der Waals surface area contributed by atoms with E-state index in [0.717, 1.165) is 12.1 Å². The molecule has 2 amide bonds. The molecule has 0 saturated heterocycles. The summed E-state index contributed by atoms with van der Waals surface area (Å²) in [6, 6.07) is 5.60. The number of carbonyl (C=O) groups excluding carboxylic acids is 2. The Morgan fingerprint density at radius 2 is 2.00 bits per heavy atom. The number of halogens is 3. The van der Waals surface area contributed by atoms with E-state index in [2.05, 4.69) is 15.0 Å². The van der Waals surface area contributed by atoms with Crippen molar-refractivity contribution >= 4 is 17.6 Å². The monoisotopic (exact) mass is 383 g/mol. The van der Waals surface area contributed by atoms with Crippen molar-refractivity contribution in [3.8, 4) is 0 Å². The van der Waals surface area contributed by atoms with Crippen molar-refractivity contribution < 1.29 is 27.3 Å². The maximum absolute atomic E-state index is 12.9. The maximum atomic E-state index is 12.9. The fourth-order valence-corrected chi connectivity index (χ4v) is 2.31. The summed E-state index contributed by atoms with van der Waals surface area (Å²) in [5.74, 6) is -0.722. The average Bonchev–Trinajstić information content (AvgIpc) is 3.10. The van der Waals surface area contributed by atoms with Gasteiger partial charge < -0.3 is 14.7 Å². The van der Waals surface area contributed by atoms with E-state index in [1.165, 1.54) is 29.4 Å². The van der Waals surface area contributed by atoms with Crippen molar-refractivity contribution in [2.75, 3.05) is 18.4 Å². The summed E-state index contributed by atoms with van der Waals surface area (Å²) >= 11 is 0. The Morgan fingerprint density at radius 1 is 1.26 bits per heavy atom. The number of benzene rings is 1. The van der Waals surface area contributed by atoms with Crippen molar-refractivity contribution in [1.29, 1.82) is 0 Å². The number of nitrogens with one attached hydrogen (secondary N) is 1. The van der Waals surface area contributed by atoms with E-state index in [-0.39, 0.29) is 30.4 Å². The normalized spacial score (nSPS) is 11.5. The fourth-order valence-electron chi connectivity index (χ4n) is 2.31. The van der Waals surface area contributed by atoms with Gasteiger partial charge in [-0.25, -0.2) is 0 Å². The van der Waals surface area contributed by atoms with Gasteiger partial charge in [-0.2, -0.15) is 13.2 Å². The first-order valence-corrected chi connectivity index (χ1v) is 8.33. The van der Waals surface area contributed by atoms with E-state index >= 15 is 0 Å². The molecule has 0 fully saturated rings. The van der Waals surface area contributed by atoms with E-state index < -0.39 is 23.6 Å². The van der Waals surface area contributed by atoms with Crippen molar-refractivity contribution in [2.45, 2.75) is 26.4 Å². The van der Waals surface area contributed by atoms with Gasteiger partial charge in [0.1, 0.15) is 12.8 Å². The lowest BCUT2D eigenvalue weighted by molar-refractivity contribution is -0.137. The number of anilines is 1. The number of rotatable bonds is 7. The molecule has 0 aliphatic heterocycles. The molecule has 6 nitrogen and oxygen atoms in total. The molecule has 0 unspecified atom stereocenters. The molecule has 0 bridgehead atoms. The second-order valence-corrected chi connectivity index (χ2v) is 6.42. The molecule has 0 atom stereocenters. The minimum absolute atomic E-state index is 0.122. The molecule has 0 radical (unpaired) electrons. The number of aromatic nitrogens is 1. The molecule has 1 N–H and O–H groups in total. The lowest BCUT2D eigenvalue weighted by atomic mass is 10.1. The van der Waals surface area contributed by atoms with Crippen molar-refractivity contribution in [1.82, 2.24) is 10.1 Å². The highest BCUT2D eigenvalue weighted by Gasteiger charge is 2.31. The van der Waals surface area contributed by atoms with Gasteiger partial charge in [-0.1, -0.05) is 25.1 Å². The van der Waals surface area contributed by atoms with Gasteiger partial charge in [-0.3, -0.25) is 9.59 Å². The summed E-state index contributed by atoms with van der Waals surface area (Å²) in [4.78, 5) is 26.1. The summed E-state index contributed by atoms with van der Waals surface area (Å²) in [6.45, 7) is 3.82. The predicted molar refractivity (Wildman–Crippen MR) is 91.9 cm³/mol. The molecule has 0 saturated carbocycles. The Morgan fingerprint density at radius 3 is 2.59 bits per heavy atom. The molecule has 0 aliphatic carbocycles. The van der Waals surface area contributed by atoms with Gasteiger partial charge in [0.25, 0.3) is 5.91 Å². The lowest BCUT2D eigenvalue weighted by Gasteiger charge is -2.23. The zero-order valence-electron chi connectivity index (χ0n) is 14.9. The van der Waals surface area contributed by atoms with Gasteiger partial charge in [-0.05, 0) is 30.5 Å². The number of carbonyl (C=O) groups is 2. The van der Waals surface area contributed by atoms with Crippen LogP contribution in [0.3, 0.4) is 0 Å². The Hall–Kier alpha value is -2.84. The van der Waals surface area contributed by atoms with Crippen molar-refractivity contribution in [3.05, 3.63) is 47.7 Å². The van der Waals surface area contributed by atoms with E-state index in [0.29, 0.717) is 6.42 Å². The molecule has 1 aromatic heterocycles. The third-order valence-corrected chi connectivity index (χ3v) is 3.74. The largest absolute Gasteiger partial charge is 0.416 e. The van der Waals surface area contributed by atoms with Crippen LogP contribution in [0.4, 0.5) is 19.0 Å². The van der Waals surface area contributed by atoms with Gasteiger partial charge >= 0.3 is 6.18 Å². The first-order chi connectivity index (χ1) is 12.7. The van der Waals surface area contributed by atoms with Crippen LogP contribution >= 0.6 is 0 Å². The van der Waals surface area contributed by atoms with Gasteiger partial charge in [0.2, 0.25) is 5.91 Å². The zero-order chi connectivity index (χ0) is 20.0. The summed E-state index contributed by atoms with van der Waals surface area (Å²) in [5.41, 5.74) is -1.04. The molecule has 0 aliphatic rings. The van der Waals surface area contributed by atoms with Gasteiger partial charge in [-0.15, -0.1) is 0 Å². The standard InChI is InChI=1S/C18H20F3N3O3/c1-12(2)6-8-24(11-16(25)22-15-7-9-27-23-15)17(26)13-4-3-5-14(10-13)18(19,20)21/h3-5,7,9-10,12H,6,8,11H2,1-2H3,(H,22,23,25). The molecular formula is C18H20F3N3O3. The molecule has 1 heterocycles. The third kappa shape index (κ3) is 6.12. The van der Waals surface area contributed by atoms with Crippen LogP contribution in [0.2, 0.25) is 0 Å². The first-order valence-electron chi connectivity index (χ1n) is 8.33. The molecular weight excluding hydrogens is 363 g/mol. The summed E-state index contributed by atoms with van der Waals surface area (Å²) in [6.07, 6.45) is -2.68. The molecule has 9 heteroatoms. The SMILES string of the molecule is CC(C)CCN(CC(=O)Nc1ccon1)C(=O)c1cccc(C(F)(F)F)c1. The van der Waals surface area contributed by atoms with Crippen LogP contribution in [0, 0.1) is 5.92 Å². The second kappa shape index (κ2) is 8.70. The highest BCUT2D eigenvalue weighted by atomic mass is 19.4. The number of hydrogen-bond donors (Lipinski definition) is 1. The summed E-state index contributed by atoms with van der Waals surface area (Å²) in [5, 5.41) is 6.01. The predicted octanol–water partition coefficient (Wildman–Crippen LogP) is 3.82. The van der Waals surface area contributed by atoms with Crippen molar-refractivity contribution in [2.24, 2.45) is 5.92 Å². The van der Waals surface area contributed by atoms with Crippen LogP contribution in [-0.2, 0) is 11.0 Å². The zero-order valence-corrected chi connectivity index (χ0v) is 14.9. The number of amides is 2. The fraction of sp³-hybridized carbons (Fsp3) is 0.389. The van der Waals surface area contributed by atoms with Crippen LogP contribution in [0.25, 0.3) is 0 Å². The number of hydrogen-bond acceptors (Lipinski definition) is 4. The van der Waals surface area contributed by atoms with Gasteiger partial charge in [0.15, 0.2) is 5.82 Å². The molecule has 146 valence electrons. The Bertz CT molecular complexity index is 774. The van der Waals surface area contributed by atoms with E-state index in [4.69, 9.17) is 0 Å². The van der Waals surface area contributed by atoms with Crippen LogP contribution in [0.1, 0.15) is 36.2 Å². The van der Waals surface area contributed by atoms with E-state index in [9.17, 15) is 22.8 Å². The highest BCUT2D eigenvalue weighted by Crippen LogP contribution is 2.29. The average molecular weight is 383 g/mol. The number of alkyl halides is 3. The quantitative estimate of drug-likeness (QED) is 0.789. The lowest BCUT2D eigenvalue weighted by Crippen LogP contribution is -2.39. The summed E-state index contributed by atoms with van der Waals surface area (Å²) < 4.78 is 43.3. The maximum Gasteiger partial charge on any atom is 0.416 e. The smallest absolute Gasteiger partial charge is 0.363 e. The highest BCUT2D eigenvalue weighted by molar-refractivity contribution is 5.99. The third-order valence-electron chi connectivity index (χ3n) is 3.74. The minimum atomic E-state index is -4.55. The minimum Gasteiger partial charge on any atom is -0.363 e.